The molecular formula is C12H16O3. The Bertz CT molecular complexity index is 303. The third kappa shape index (κ3) is 3.72. The van der Waals surface area contributed by atoms with Gasteiger partial charge in [-0.3, -0.25) is 0 Å². The number of benzene rings is 1. The summed E-state index contributed by atoms with van der Waals surface area (Å²) in [5, 5.41) is 0. The summed E-state index contributed by atoms with van der Waals surface area (Å²) in [6.45, 7) is 3.43. The van der Waals surface area contributed by atoms with E-state index in [2.05, 4.69) is 4.74 Å². The first kappa shape index (κ1) is 11.7. The Morgan fingerprint density at radius 1 is 1.27 bits per heavy atom. The monoisotopic (exact) mass is 208 g/mol. The van der Waals surface area contributed by atoms with E-state index >= 15 is 0 Å². The van der Waals surface area contributed by atoms with Crippen LogP contribution in [0.25, 0.3) is 0 Å². The summed E-state index contributed by atoms with van der Waals surface area (Å²) in [4.78, 5) is 11.1. The van der Waals surface area contributed by atoms with Crippen LogP contribution in [0.15, 0.2) is 24.3 Å². The van der Waals surface area contributed by atoms with Crippen LogP contribution in [0.4, 0.5) is 0 Å². The minimum absolute atomic E-state index is 0.300. The van der Waals surface area contributed by atoms with Gasteiger partial charge < -0.3 is 9.47 Å². The van der Waals surface area contributed by atoms with Crippen molar-refractivity contribution in [2.45, 2.75) is 13.3 Å². The average molecular weight is 208 g/mol. The summed E-state index contributed by atoms with van der Waals surface area (Å²) in [5.41, 5.74) is 1.74. The number of carbonyl (C=O) groups is 1. The lowest BCUT2D eigenvalue weighted by Crippen LogP contribution is -2.02. The van der Waals surface area contributed by atoms with Crippen molar-refractivity contribution in [2.75, 3.05) is 20.3 Å². The van der Waals surface area contributed by atoms with Gasteiger partial charge in [0.1, 0.15) is 0 Å². The van der Waals surface area contributed by atoms with E-state index in [0.29, 0.717) is 12.2 Å². The molecule has 0 aliphatic heterocycles. The molecule has 0 aliphatic rings. The van der Waals surface area contributed by atoms with Crippen LogP contribution in [0.1, 0.15) is 22.8 Å². The molecule has 0 aliphatic carbocycles. The standard InChI is InChI=1S/C12H16O3/c1-3-15-9-8-10-4-6-11(7-5-10)12(13)14-2/h4-7H,3,8-9H2,1-2H3. The van der Waals surface area contributed by atoms with Crippen LogP contribution in [0.3, 0.4) is 0 Å². The Morgan fingerprint density at radius 2 is 1.93 bits per heavy atom. The van der Waals surface area contributed by atoms with Gasteiger partial charge in [-0.1, -0.05) is 12.1 Å². The molecule has 0 atom stereocenters. The van der Waals surface area contributed by atoms with Gasteiger partial charge in [-0.25, -0.2) is 4.79 Å². The fraction of sp³-hybridized carbons (Fsp3) is 0.417. The van der Waals surface area contributed by atoms with Gasteiger partial charge in [0.15, 0.2) is 0 Å². The Labute approximate surface area is 90.0 Å². The van der Waals surface area contributed by atoms with E-state index in [0.717, 1.165) is 18.6 Å². The topological polar surface area (TPSA) is 35.5 Å². The second-order valence-electron chi connectivity index (χ2n) is 3.14. The van der Waals surface area contributed by atoms with Crippen molar-refractivity contribution in [3.05, 3.63) is 35.4 Å². The Balaban J connectivity index is 2.52. The van der Waals surface area contributed by atoms with E-state index in [1.54, 1.807) is 12.1 Å². The Morgan fingerprint density at radius 3 is 2.47 bits per heavy atom. The SMILES string of the molecule is CCOCCc1ccc(C(=O)OC)cc1. The molecule has 15 heavy (non-hydrogen) atoms. The fourth-order valence-corrected chi connectivity index (χ4v) is 1.26. The van der Waals surface area contributed by atoms with Crippen molar-refractivity contribution in [3.63, 3.8) is 0 Å². The highest BCUT2D eigenvalue weighted by Gasteiger charge is 2.03. The molecule has 0 unspecified atom stereocenters. The van der Waals surface area contributed by atoms with E-state index in [4.69, 9.17) is 4.74 Å². The number of ether oxygens (including phenoxy) is 2. The summed E-state index contributed by atoms with van der Waals surface area (Å²) < 4.78 is 9.86. The van der Waals surface area contributed by atoms with Crippen LogP contribution in [0.2, 0.25) is 0 Å². The first-order valence-corrected chi connectivity index (χ1v) is 5.03. The predicted octanol–water partition coefficient (Wildman–Crippen LogP) is 2.05. The summed E-state index contributed by atoms with van der Waals surface area (Å²) >= 11 is 0. The molecule has 0 saturated heterocycles. The van der Waals surface area contributed by atoms with Crippen molar-refractivity contribution in [2.24, 2.45) is 0 Å². The number of carbonyl (C=O) groups excluding carboxylic acids is 1. The van der Waals surface area contributed by atoms with Crippen LogP contribution in [-0.2, 0) is 15.9 Å². The lowest BCUT2D eigenvalue weighted by molar-refractivity contribution is 0.0600. The van der Waals surface area contributed by atoms with E-state index in [-0.39, 0.29) is 5.97 Å². The van der Waals surface area contributed by atoms with Crippen molar-refractivity contribution in [1.82, 2.24) is 0 Å². The minimum Gasteiger partial charge on any atom is -0.465 e. The van der Waals surface area contributed by atoms with Crippen LogP contribution >= 0.6 is 0 Å². The highest BCUT2D eigenvalue weighted by Crippen LogP contribution is 2.06. The van der Waals surface area contributed by atoms with Gasteiger partial charge in [-0.05, 0) is 31.0 Å². The second-order valence-corrected chi connectivity index (χ2v) is 3.14. The number of hydrogen-bond donors (Lipinski definition) is 0. The quantitative estimate of drug-likeness (QED) is 0.548. The van der Waals surface area contributed by atoms with Crippen LogP contribution < -0.4 is 0 Å². The van der Waals surface area contributed by atoms with E-state index in [1.165, 1.54) is 7.11 Å². The van der Waals surface area contributed by atoms with Crippen molar-refractivity contribution >= 4 is 5.97 Å². The molecule has 0 N–H and O–H groups in total. The highest BCUT2D eigenvalue weighted by atomic mass is 16.5. The normalized spacial score (nSPS) is 10.0. The number of methoxy groups -OCH3 is 1. The van der Waals surface area contributed by atoms with Crippen molar-refractivity contribution in [3.8, 4) is 0 Å². The van der Waals surface area contributed by atoms with Gasteiger partial charge in [-0.15, -0.1) is 0 Å². The molecule has 0 aromatic heterocycles. The summed E-state index contributed by atoms with van der Waals surface area (Å²) in [5.74, 6) is -0.300. The third-order valence-electron chi connectivity index (χ3n) is 2.11. The Kier molecular flexibility index (Phi) is 4.84. The first-order valence-electron chi connectivity index (χ1n) is 5.03. The molecule has 0 radical (unpaired) electrons. The molecule has 0 bridgehead atoms. The average Bonchev–Trinajstić information content (AvgIpc) is 2.29. The largest absolute Gasteiger partial charge is 0.465 e. The van der Waals surface area contributed by atoms with Gasteiger partial charge in [0, 0.05) is 6.61 Å². The molecule has 3 nitrogen and oxygen atoms in total. The zero-order valence-electron chi connectivity index (χ0n) is 9.16. The van der Waals surface area contributed by atoms with E-state index < -0.39 is 0 Å². The second kappa shape index (κ2) is 6.19. The Hall–Kier alpha value is -1.35. The molecule has 0 fully saturated rings. The lowest BCUT2D eigenvalue weighted by atomic mass is 10.1. The first-order chi connectivity index (χ1) is 7.27. The van der Waals surface area contributed by atoms with Gasteiger partial charge in [0.05, 0.1) is 19.3 Å². The predicted molar refractivity (Wildman–Crippen MR) is 58.0 cm³/mol. The zero-order valence-corrected chi connectivity index (χ0v) is 9.16. The molecule has 0 amide bonds. The minimum atomic E-state index is -0.300. The molecule has 82 valence electrons. The van der Waals surface area contributed by atoms with Gasteiger partial charge in [-0.2, -0.15) is 0 Å². The lowest BCUT2D eigenvalue weighted by Gasteiger charge is -2.03. The van der Waals surface area contributed by atoms with Gasteiger partial charge >= 0.3 is 5.97 Å². The summed E-state index contributed by atoms with van der Waals surface area (Å²) in [6, 6.07) is 7.39. The molecule has 0 spiro atoms. The third-order valence-corrected chi connectivity index (χ3v) is 2.11. The summed E-state index contributed by atoms with van der Waals surface area (Å²) in [7, 11) is 1.38. The summed E-state index contributed by atoms with van der Waals surface area (Å²) in [6.07, 6.45) is 0.870. The zero-order chi connectivity index (χ0) is 11.1. The van der Waals surface area contributed by atoms with Crippen LogP contribution in [0.5, 0.6) is 0 Å². The maximum Gasteiger partial charge on any atom is 0.337 e. The molecule has 0 heterocycles. The fourth-order valence-electron chi connectivity index (χ4n) is 1.26. The van der Waals surface area contributed by atoms with Crippen molar-refractivity contribution in [1.29, 1.82) is 0 Å². The molecule has 1 rings (SSSR count). The van der Waals surface area contributed by atoms with Gasteiger partial charge in [0.2, 0.25) is 0 Å². The maximum absolute atomic E-state index is 11.1. The molecule has 3 heteroatoms. The van der Waals surface area contributed by atoms with Gasteiger partial charge in [0.25, 0.3) is 0 Å². The van der Waals surface area contributed by atoms with Crippen LogP contribution in [-0.4, -0.2) is 26.3 Å². The van der Waals surface area contributed by atoms with Crippen molar-refractivity contribution < 1.29 is 14.3 Å². The number of esters is 1. The van der Waals surface area contributed by atoms with E-state index in [1.807, 2.05) is 19.1 Å². The smallest absolute Gasteiger partial charge is 0.337 e. The number of hydrogen-bond acceptors (Lipinski definition) is 3. The number of rotatable bonds is 5. The molecule has 1 aromatic rings. The van der Waals surface area contributed by atoms with Crippen LogP contribution in [0, 0.1) is 0 Å². The highest BCUT2D eigenvalue weighted by molar-refractivity contribution is 5.89. The maximum atomic E-state index is 11.1. The molecular weight excluding hydrogens is 192 g/mol. The molecule has 0 saturated carbocycles. The molecule has 1 aromatic carbocycles. The van der Waals surface area contributed by atoms with E-state index in [9.17, 15) is 4.79 Å².